The Balaban J connectivity index is 1.50. The molecule has 0 amide bonds. The molecule has 4 N–H and O–H groups in total. The second-order valence-corrected chi connectivity index (χ2v) is 12.7. The number of aliphatic hydroxyl groups is 4. The first-order valence-electron chi connectivity index (χ1n) is 12.8. The van der Waals surface area contributed by atoms with Crippen LogP contribution >= 0.6 is 0 Å². The Kier molecular flexibility index (Phi) is 6.21. The van der Waals surface area contributed by atoms with Crippen LogP contribution in [0, 0.1) is 40.4 Å². The summed E-state index contributed by atoms with van der Waals surface area (Å²) in [6.45, 7) is 10.5. The second-order valence-electron chi connectivity index (χ2n) is 12.7. The fourth-order valence-corrected chi connectivity index (χ4v) is 8.65. The molecule has 178 valence electrons. The highest BCUT2D eigenvalue weighted by molar-refractivity contribution is 5.27. The Morgan fingerprint density at radius 1 is 1.10 bits per heavy atom. The number of aliphatic hydroxyl groups excluding tert-OH is 3. The minimum atomic E-state index is -1.03. The molecule has 0 bridgehead atoms. The van der Waals surface area contributed by atoms with E-state index in [9.17, 15) is 20.4 Å². The Morgan fingerprint density at radius 3 is 2.48 bits per heavy atom. The predicted molar refractivity (Wildman–Crippen MR) is 123 cm³/mol. The van der Waals surface area contributed by atoms with E-state index in [-0.39, 0.29) is 5.41 Å². The molecular weight excluding hydrogens is 388 g/mol. The van der Waals surface area contributed by atoms with Crippen LogP contribution in [0.3, 0.4) is 0 Å². The van der Waals surface area contributed by atoms with Gasteiger partial charge in [0.1, 0.15) is 0 Å². The highest BCUT2D eigenvalue weighted by atomic mass is 16.3. The number of fused-ring (bicyclic) bond motifs is 5. The predicted octanol–water partition coefficient (Wildman–Crippen LogP) is 4.45. The lowest BCUT2D eigenvalue weighted by Crippen LogP contribution is -2.55. The van der Waals surface area contributed by atoms with Crippen molar-refractivity contribution in [2.75, 3.05) is 0 Å². The molecule has 0 aromatic heterocycles. The van der Waals surface area contributed by atoms with Crippen LogP contribution in [0.15, 0.2) is 11.6 Å². The Morgan fingerprint density at radius 2 is 1.81 bits per heavy atom. The first-order chi connectivity index (χ1) is 14.4. The van der Waals surface area contributed by atoms with Gasteiger partial charge in [-0.25, -0.2) is 0 Å². The van der Waals surface area contributed by atoms with E-state index in [1.54, 1.807) is 13.8 Å². The standard InChI is InChI=1S/C27H46O4/c1-16(6-11-23(29)25(2,3)31)20-9-10-21-19-8-7-17-14-18(28)15-24(30)27(17,5)22(19)12-13-26(20,21)4/h7,16,18-24,28-31H,6,8-15H2,1-5H3/t16-,18-,19+,20-,21+,22+,23-,24+,26-,27+/m1/s1. The minimum absolute atomic E-state index is 0.163. The SMILES string of the molecule is C[C@H](CC[C@@H](O)C(C)(C)O)[C@H]1CC[C@H]2[C@@H]3CC=C4C[C@@H](O)C[C@H](O)[C@]4(C)[C@H]3CC[C@]12C. The summed E-state index contributed by atoms with van der Waals surface area (Å²) in [6, 6.07) is 0. The van der Waals surface area contributed by atoms with Gasteiger partial charge in [-0.2, -0.15) is 0 Å². The lowest BCUT2D eigenvalue weighted by Gasteiger charge is -2.59. The molecule has 0 unspecified atom stereocenters. The molecule has 0 saturated heterocycles. The van der Waals surface area contributed by atoms with Crippen molar-refractivity contribution in [1.82, 2.24) is 0 Å². The minimum Gasteiger partial charge on any atom is -0.393 e. The molecule has 4 nitrogen and oxygen atoms in total. The highest BCUT2D eigenvalue weighted by Crippen LogP contribution is 2.67. The zero-order valence-electron chi connectivity index (χ0n) is 20.3. The van der Waals surface area contributed by atoms with Crippen molar-refractivity contribution in [3.8, 4) is 0 Å². The maximum absolute atomic E-state index is 11.1. The van der Waals surface area contributed by atoms with E-state index in [0.29, 0.717) is 47.8 Å². The van der Waals surface area contributed by atoms with Gasteiger partial charge in [0.25, 0.3) is 0 Å². The van der Waals surface area contributed by atoms with Crippen molar-refractivity contribution in [2.45, 2.75) is 116 Å². The monoisotopic (exact) mass is 434 g/mol. The fraction of sp³-hybridized carbons (Fsp3) is 0.926. The van der Waals surface area contributed by atoms with Crippen LogP contribution in [0.25, 0.3) is 0 Å². The topological polar surface area (TPSA) is 80.9 Å². The Hall–Kier alpha value is -0.420. The molecule has 3 saturated carbocycles. The average Bonchev–Trinajstić information content (AvgIpc) is 3.03. The number of hydrogen-bond donors (Lipinski definition) is 4. The summed E-state index contributed by atoms with van der Waals surface area (Å²) >= 11 is 0. The molecular formula is C27H46O4. The largest absolute Gasteiger partial charge is 0.393 e. The van der Waals surface area contributed by atoms with Crippen LogP contribution in [0.5, 0.6) is 0 Å². The van der Waals surface area contributed by atoms with Gasteiger partial charge in [0.15, 0.2) is 0 Å². The van der Waals surface area contributed by atoms with Gasteiger partial charge in [0.2, 0.25) is 0 Å². The molecule has 0 spiro atoms. The zero-order chi connectivity index (χ0) is 22.8. The molecule has 10 atom stereocenters. The van der Waals surface area contributed by atoms with Crippen LogP contribution in [0.2, 0.25) is 0 Å². The smallest absolute Gasteiger partial charge is 0.0849 e. The van der Waals surface area contributed by atoms with Gasteiger partial charge in [-0.05, 0) is 100 Å². The van der Waals surface area contributed by atoms with Crippen molar-refractivity contribution in [1.29, 1.82) is 0 Å². The van der Waals surface area contributed by atoms with E-state index in [4.69, 9.17) is 0 Å². The normalized spacial score (nSPS) is 47.1. The third-order valence-electron chi connectivity index (χ3n) is 10.6. The van der Waals surface area contributed by atoms with Crippen molar-refractivity contribution >= 4 is 0 Å². The summed E-state index contributed by atoms with van der Waals surface area (Å²) in [4.78, 5) is 0. The van der Waals surface area contributed by atoms with Crippen LogP contribution < -0.4 is 0 Å². The van der Waals surface area contributed by atoms with Gasteiger partial charge in [0.05, 0.1) is 23.9 Å². The quantitative estimate of drug-likeness (QED) is 0.482. The van der Waals surface area contributed by atoms with Crippen LogP contribution in [-0.2, 0) is 0 Å². The van der Waals surface area contributed by atoms with E-state index in [0.717, 1.165) is 19.3 Å². The van der Waals surface area contributed by atoms with Gasteiger partial charge in [0, 0.05) is 11.8 Å². The molecule has 4 aliphatic carbocycles. The first-order valence-corrected chi connectivity index (χ1v) is 12.8. The number of allylic oxidation sites excluding steroid dienone is 1. The summed E-state index contributed by atoms with van der Waals surface area (Å²) in [5, 5.41) is 41.7. The van der Waals surface area contributed by atoms with Gasteiger partial charge in [-0.3, -0.25) is 0 Å². The lowest BCUT2D eigenvalue weighted by molar-refractivity contribution is -0.108. The van der Waals surface area contributed by atoms with Crippen LogP contribution in [0.4, 0.5) is 0 Å². The molecule has 3 fully saturated rings. The molecule has 0 aliphatic heterocycles. The molecule has 31 heavy (non-hydrogen) atoms. The summed E-state index contributed by atoms with van der Waals surface area (Å²) in [6.07, 6.45) is 9.81. The Bertz CT molecular complexity index is 696. The van der Waals surface area contributed by atoms with Gasteiger partial charge < -0.3 is 20.4 Å². The van der Waals surface area contributed by atoms with E-state index in [1.165, 1.54) is 31.3 Å². The fourth-order valence-electron chi connectivity index (χ4n) is 8.65. The average molecular weight is 435 g/mol. The summed E-state index contributed by atoms with van der Waals surface area (Å²) < 4.78 is 0. The van der Waals surface area contributed by atoms with E-state index < -0.39 is 23.9 Å². The van der Waals surface area contributed by atoms with Crippen LogP contribution in [0.1, 0.15) is 92.4 Å². The number of hydrogen-bond acceptors (Lipinski definition) is 4. The lowest BCUT2D eigenvalue weighted by atomic mass is 9.46. The summed E-state index contributed by atoms with van der Waals surface area (Å²) in [5.74, 6) is 3.08. The third kappa shape index (κ3) is 3.84. The van der Waals surface area contributed by atoms with Crippen molar-refractivity contribution in [2.24, 2.45) is 40.4 Å². The maximum atomic E-state index is 11.1. The van der Waals surface area contributed by atoms with E-state index >= 15 is 0 Å². The molecule has 4 heteroatoms. The maximum Gasteiger partial charge on any atom is 0.0849 e. The van der Waals surface area contributed by atoms with Crippen molar-refractivity contribution in [3.63, 3.8) is 0 Å². The summed E-state index contributed by atoms with van der Waals surface area (Å²) in [5.41, 5.74) is 0.452. The second kappa shape index (κ2) is 8.11. The van der Waals surface area contributed by atoms with Gasteiger partial charge >= 0.3 is 0 Å². The molecule has 0 aromatic rings. The van der Waals surface area contributed by atoms with Crippen molar-refractivity contribution < 1.29 is 20.4 Å². The van der Waals surface area contributed by atoms with Crippen LogP contribution in [-0.4, -0.2) is 44.3 Å². The van der Waals surface area contributed by atoms with Gasteiger partial charge in [-0.1, -0.05) is 32.4 Å². The van der Waals surface area contributed by atoms with Gasteiger partial charge in [-0.15, -0.1) is 0 Å². The number of rotatable bonds is 5. The molecule has 4 rings (SSSR count). The molecule has 0 radical (unpaired) electrons. The molecule has 0 heterocycles. The van der Waals surface area contributed by atoms with Crippen molar-refractivity contribution in [3.05, 3.63) is 11.6 Å². The van der Waals surface area contributed by atoms with E-state index in [2.05, 4.69) is 26.8 Å². The first kappa shape index (κ1) is 23.7. The highest BCUT2D eigenvalue weighted by Gasteiger charge is 2.60. The molecule has 4 aliphatic rings. The molecule has 0 aromatic carbocycles. The zero-order valence-corrected chi connectivity index (χ0v) is 20.3. The summed E-state index contributed by atoms with van der Waals surface area (Å²) in [7, 11) is 0. The Labute approximate surface area is 189 Å². The third-order valence-corrected chi connectivity index (χ3v) is 10.6. The van der Waals surface area contributed by atoms with E-state index in [1.807, 2.05) is 0 Å².